The van der Waals surface area contributed by atoms with Gasteiger partial charge in [-0.25, -0.2) is 0 Å². The molecule has 1 heterocycles. The first-order valence-corrected chi connectivity index (χ1v) is 7.45. The summed E-state index contributed by atoms with van der Waals surface area (Å²) in [5.41, 5.74) is 2.68. The number of ether oxygens (including phenoxy) is 1. The van der Waals surface area contributed by atoms with Gasteiger partial charge in [-0.15, -0.1) is 0 Å². The summed E-state index contributed by atoms with van der Waals surface area (Å²) in [6.07, 6.45) is 4.97. The molecule has 0 radical (unpaired) electrons. The minimum absolute atomic E-state index is 0.0436. The highest BCUT2D eigenvalue weighted by atomic mass is 35.5. The van der Waals surface area contributed by atoms with Gasteiger partial charge in [0, 0.05) is 10.9 Å². The summed E-state index contributed by atoms with van der Waals surface area (Å²) in [5, 5.41) is 0.785. The molecule has 1 nitrogen and oxygen atoms in total. The van der Waals surface area contributed by atoms with Gasteiger partial charge in [0.1, 0.15) is 0 Å². The van der Waals surface area contributed by atoms with E-state index in [2.05, 4.69) is 39.0 Å². The number of halogens is 1. The fraction of sp³-hybridized carbons (Fsp3) is 0.529. The number of hydrogen-bond donors (Lipinski definition) is 0. The van der Waals surface area contributed by atoms with Crippen LogP contribution in [-0.4, -0.2) is 5.60 Å². The van der Waals surface area contributed by atoms with Gasteiger partial charge in [-0.2, -0.15) is 0 Å². The molecular weight excluding hydrogens is 256 g/mol. The topological polar surface area (TPSA) is 9.23 Å². The van der Waals surface area contributed by atoms with E-state index in [9.17, 15) is 0 Å². The van der Waals surface area contributed by atoms with Crippen LogP contribution in [0.3, 0.4) is 0 Å². The molecule has 1 aromatic rings. The minimum Gasteiger partial charge on any atom is -0.367 e. The van der Waals surface area contributed by atoms with E-state index in [1.165, 1.54) is 17.6 Å². The lowest BCUT2D eigenvalue weighted by molar-refractivity contribution is -0.166. The Morgan fingerprint density at radius 3 is 2.58 bits per heavy atom. The summed E-state index contributed by atoms with van der Waals surface area (Å²) < 4.78 is 6.45. The van der Waals surface area contributed by atoms with Crippen molar-refractivity contribution < 1.29 is 4.74 Å². The first-order chi connectivity index (χ1) is 8.97. The quantitative estimate of drug-likeness (QED) is 0.644. The predicted molar refractivity (Wildman–Crippen MR) is 79.3 cm³/mol. The van der Waals surface area contributed by atoms with Crippen LogP contribution >= 0.6 is 11.6 Å². The number of hydrogen-bond acceptors (Lipinski definition) is 1. The zero-order valence-corrected chi connectivity index (χ0v) is 12.6. The highest BCUT2D eigenvalue weighted by molar-refractivity contribution is 6.30. The summed E-state index contributed by atoms with van der Waals surface area (Å²) in [4.78, 5) is 0. The van der Waals surface area contributed by atoms with E-state index in [1.807, 2.05) is 12.1 Å². The third kappa shape index (κ3) is 2.34. The largest absolute Gasteiger partial charge is 0.367 e. The van der Waals surface area contributed by atoms with Crippen LogP contribution < -0.4 is 0 Å². The highest BCUT2D eigenvalue weighted by Crippen LogP contribution is 2.50. The Bertz CT molecular complexity index is 500. The first kappa shape index (κ1) is 13.2. The molecule has 1 fully saturated rings. The lowest BCUT2D eigenvalue weighted by atomic mass is 9.69. The standard InChI is InChI=1S/C17H21ClO/c1-11-4-7-13-10-15(11)16(19-17(13,2)3)12-5-8-14(18)9-6-12/h4-6,8-9,13,15-16H,7,10H2,1-3H3/t13-,15-,16+/m1/s1. The molecule has 0 amide bonds. The Hall–Kier alpha value is -0.790. The van der Waals surface area contributed by atoms with Gasteiger partial charge >= 0.3 is 0 Å². The Labute approximate surface area is 120 Å². The summed E-state index contributed by atoms with van der Waals surface area (Å²) in [6, 6.07) is 8.12. The molecule has 0 N–H and O–H groups in total. The molecule has 0 saturated carbocycles. The molecule has 3 atom stereocenters. The van der Waals surface area contributed by atoms with Crippen LogP contribution in [0.1, 0.15) is 45.3 Å². The van der Waals surface area contributed by atoms with Crippen molar-refractivity contribution in [2.75, 3.05) is 0 Å². The normalized spacial score (nSPS) is 32.8. The molecule has 1 aromatic carbocycles. The van der Waals surface area contributed by atoms with E-state index < -0.39 is 0 Å². The molecule has 102 valence electrons. The minimum atomic E-state index is -0.0436. The van der Waals surface area contributed by atoms with E-state index >= 15 is 0 Å². The Morgan fingerprint density at radius 1 is 1.21 bits per heavy atom. The first-order valence-electron chi connectivity index (χ1n) is 7.07. The van der Waals surface area contributed by atoms with Crippen LogP contribution in [0.2, 0.25) is 5.02 Å². The molecule has 1 aliphatic carbocycles. The third-order valence-corrected chi connectivity index (χ3v) is 5.08. The average Bonchev–Trinajstić information content (AvgIpc) is 2.37. The monoisotopic (exact) mass is 276 g/mol. The van der Waals surface area contributed by atoms with Crippen LogP contribution in [0, 0.1) is 11.8 Å². The van der Waals surface area contributed by atoms with Crippen molar-refractivity contribution in [1.82, 2.24) is 0 Å². The molecule has 19 heavy (non-hydrogen) atoms. The molecular formula is C17H21ClO. The van der Waals surface area contributed by atoms with E-state index in [-0.39, 0.29) is 11.7 Å². The van der Waals surface area contributed by atoms with Gasteiger partial charge in [0.2, 0.25) is 0 Å². The van der Waals surface area contributed by atoms with E-state index in [1.54, 1.807) is 0 Å². The summed E-state index contributed by atoms with van der Waals surface area (Å²) in [7, 11) is 0. The SMILES string of the molecule is CC1=CC[C@@H]2C[C@H]1[C@H](c1ccc(Cl)cc1)OC2(C)C. The maximum absolute atomic E-state index is 6.45. The maximum atomic E-state index is 6.45. The zero-order valence-electron chi connectivity index (χ0n) is 11.8. The lowest BCUT2D eigenvalue weighted by Gasteiger charge is -2.49. The second kappa shape index (κ2) is 4.64. The second-order valence-electron chi connectivity index (χ2n) is 6.42. The van der Waals surface area contributed by atoms with Crippen LogP contribution in [0.25, 0.3) is 0 Å². The lowest BCUT2D eigenvalue weighted by Crippen LogP contribution is -2.45. The Kier molecular flexibility index (Phi) is 3.23. The van der Waals surface area contributed by atoms with Gasteiger partial charge in [-0.1, -0.05) is 35.4 Å². The van der Waals surface area contributed by atoms with E-state index in [0.29, 0.717) is 11.8 Å². The van der Waals surface area contributed by atoms with Gasteiger partial charge in [-0.05, 0) is 57.2 Å². The molecule has 0 aromatic heterocycles. The van der Waals surface area contributed by atoms with Crippen molar-refractivity contribution in [3.8, 4) is 0 Å². The summed E-state index contributed by atoms with van der Waals surface area (Å²) in [5.74, 6) is 1.16. The van der Waals surface area contributed by atoms with Crippen LogP contribution in [0.5, 0.6) is 0 Å². The third-order valence-electron chi connectivity index (χ3n) is 4.83. The molecule has 0 spiro atoms. The fourth-order valence-electron chi connectivity index (χ4n) is 3.46. The van der Waals surface area contributed by atoms with Crippen molar-refractivity contribution in [2.45, 2.75) is 45.3 Å². The van der Waals surface area contributed by atoms with Crippen LogP contribution in [0.15, 0.2) is 35.9 Å². The van der Waals surface area contributed by atoms with Gasteiger partial charge in [-0.3, -0.25) is 0 Å². The molecule has 2 aliphatic rings. The average molecular weight is 277 g/mol. The van der Waals surface area contributed by atoms with Crippen molar-refractivity contribution in [3.05, 3.63) is 46.5 Å². The van der Waals surface area contributed by atoms with E-state index in [0.717, 1.165) is 11.4 Å². The molecule has 2 bridgehead atoms. The van der Waals surface area contributed by atoms with Gasteiger partial charge < -0.3 is 4.74 Å². The number of rotatable bonds is 1. The molecule has 0 unspecified atom stereocenters. The predicted octanol–water partition coefficient (Wildman–Crippen LogP) is 5.16. The maximum Gasteiger partial charge on any atom is 0.0897 e. The van der Waals surface area contributed by atoms with Crippen molar-refractivity contribution in [2.24, 2.45) is 11.8 Å². The van der Waals surface area contributed by atoms with Crippen molar-refractivity contribution in [1.29, 1.82) is 0 Å². The van der Waals surface area contributed by atoms with Crippen molar-refractivity contribution in [3.63, 3.8) is 0 Å². The molecule has 1 aliphatic heterocycles. The van der Waals surface area contributed by atoms with Gasteiger partial charge in [0.25, 0.3) is 0 Å². The second-order valence-corrected chi connectivity index (χ2v) is 6.85. The molecule has 1 saturated heterocycles. The Morgan fingerprint density at radius 2 is 1.89 bits per heavy atom. The van der Waals surface area contributed by atoms with Crippen LogP contribution in [-0.2, 0) is 4.74 Å². The van der Waals surface area contributed by atoms with Gasteiger partial charge in [0.15, 0.2) is 0 Å². The van der Waals surface area contributed by atoms with Crippen LogP contribution in [0.4, 0.5) is 0 Å². The number of allylic oxidation sites excluding steroid dienone is 1. The zero-order chi connectivity index (χ0) is 13.6. The number of benzene rings is 1. The summed E-state index contributed by atoms with van der Waals surface area (Å²) >= 11 is 5.99. The smallest absolute Gasteiger partial charge is 0.0897 e. The van der Waals surface area contributed by atoms with Gasteiger partial charge in [0.05, 0.1) is 11.7 Å². The highest BCUT2D eigenvalue weighted by Gasteiger charge is 2.45. The van der Waals surface area contributed by atoms with Crippen molar-refractivity contribution >= 4 is 11.6 Å². The number of fused-ring (bicyclic) bond motifs is 2. The summed E-state index contributed by atoms with van der Waals surface area (Å²) in [6.45, 7) is 6.70. The van der Waals surface area contributed by atoms with E-state index in [4.69, 9.17) is 16.3 Å². The molecule has 2 heteroatoms. The Balaban J connectivity index is 1.97. The molecule has 3 rings (SSSR count). The fourth-order valence-corrected chi connectivity index (χ4v) is 3.58.